The van der Waals surface area contributed by atoms with Gasteiger partial charge in [-0.05, 0) is 24.3 Å². The van der Waals surface area contributed by atoms with Crippen molar-refractivity contribution < 1.29 is 17.9 Å². The number of para-hydroxylation sites is 3. The highest BCUT2D eigenvalue weighted by molar-refractivity contribution is 7.91. The third kappa shape index (κ3) is 4.11. The van der Waals surface area contributed by atoms with Crippen LogP contribution in [0.4, 0.5) is 10.5 Å². The number of carbonyl (C=O) groups excluding carboxylic acids is 1. The third-order valence-corrected chi connectivity index (χ3v) is 5.71. The molecule has 0 N–H and O–H groups in total. The summed E-state index contributed by atoms with van der Waals surface area (Å²) in [6, 6.07) is 16.4. The summed E-state index contributed by atoms with van der Waals surface area (Å²) in [6.07, 6.45) is 0. The SMILES string of the molecule is CN(C(=O)N1CCS(=O)(=O)CC1)c1ccccc1Oc1ccccc1. The molecule has 2 aromatic carbocycles. The molecule has 1 saturated heterocycles. The van der Waals surface area contributed by atoms with Crippen molar-refractivity contribution in [2.45, 2.75) is 0 Å². The number of ether oxygens (including phenoxy) is 1. The van der Waals surface area contributed by atoms with Crippen LogP contribution in [-0.4, -0.2) is 51.0 Å². The molecule has 0 bridgehead atoms. The van der Waals surface area contributed by atoms with Crippen LogP contribution in [-0.2, 0) is 9.84 Å². The maximum absolute atomic E-state index is 12.7. The summed E-state index contributed by atoms with van der Waals surface area (Å²) in [5.41, 5.74) is 0.629. The first-order valence-electron chi connectivity index (χ1n) is 8.01. The number of anilines is 1. The average molecular weight is 360 g/mol. The molecule has 0 saturated carbocycles. The minimum atomic E-state index is -3.03. The molecule has 1 aliphatic heterocycles. The van der Waals surface area contributed by atoms with Gasteiger partial charge in [0, 0.05) is 20.1 Å². The molecule has 0 spiro atoms. The van der Waals surface area contributed by atoms with Gasteiger partial charge in [-0.1, -0.05) is 30.3 Å². The van der Waals surface area contributed by atoms with Crippen LogP contribution in [0.25, 0.3) is 0 Å². The van der Waals surface area contributed by atoms with Crippen LogP contribution in [0.3, 0.4) is 0 Å². The molecule has 0 radical (unpaired) electrons. The summed E-state index contributed by atoms with van der Waals surface area (Å²) >= 11 is 0. The van der Waals surface area contributed by atoms with Crippen LogP contribution in [0.2, 0.25) is 0 Å². The first kappa shape index (κ1) is 17.3. The standard InChI is InChI=1S/C18H20N2O4S/c1-19(18(21)20-11-13-25(22,23)14-12-20)16-9-5-6-10-17(16)24-15-7-3-2-4-8-15/h2-10H,11-14H2,1H3. The second-order valence-corrected chi connectivity index (χ2v) is 8.17. The average Bonchev–Trinajstić information content (AvgIpc) is 2.62. The second kappa shape index (κ2) is 7.14. The molecule has 0 aromatic heterocycles. The maximum Gasteiger partial charge on any atom is 0.324 e. The highest BCUT2D eigenvalue weighted by Crippen LogP contribution is 2.32. The number of carbonyl (C=O) groups is 1. The van der Waals surface area contributed by atoms with E-state index in [4.69, 9.17) is 4.74 Å². The fourth-order valence-electron chi connectivity index (χ4n) is 2.65. The molecule has 7 heteroatoms. The Balaban J connectivity index is 1.78. The summed E-state index contributed by atoms with van der Waals surface area (Å²) in [5, 5.41) is 0. The van der Waals surface area contributed by atoms with Crippen LogP contribution in [0, 0.1) is 0 Å². The molecule has 2 aromatic rings. The number of sulfone groups is 1. The highest BCUT2D eigenvalue weighted by Gasteiger charge is 2.28. The van der Waals surface area contributed by atoms with E-state index in [1.165, 1.54) is 4.90 Å². The Hall–Kier alpha value is -2.54. The van der Waals surface area contributed by atoms with Gasteiger partial charge in [-0.15, -0.1) is 0 Å². The third-order valence-electron chi connectivity index (χ3n) is 4.10. The van der Waals surface area contributed by atoms with Crippen molar-refractivity contribution in [3.63, 3.8) is 0 Å². The van der Waals surface area contributed by atoms with Crippen LogP contribution in [0.1, 0.15) is 0 Å². The van der Waals surface area contributed by atoms with Gasteiger partial charge in [0.15, 0.2) is 15.6 Å². The van der Waals surface area contributed by atoms with E-state index in [1.54, 1.807) is 24.1 Å². The van der Waals surface area contributed by atoms with Crippen molar-refractivity contribution >= 4 is 21.6 Å². The van der Waals surface area contributed by atoms with E-state index in [0.717, 1.165) is 0 Å². The number of hydrogen-bond acceptors (Lipinski definition) is 4. The quantitative estimate of drug-likeness (QED) is 0.844. The minimum absolute atomic E-state index is 0.00867. The van der Waals surface area contributed by atoms with Gasteiger partial charge in [0.25, 0.3) is 0 Å². The zero-order chi connectivity index (χ0) is 17.9. The van der Waals surface area contributed by atoms with Crippen molar-refractivity contribution in [1.82, 2.24) is 4.90 Å². The molecule has 0 aliphatic carbocycles. The summed E-state index contributed by atoms with van der Waals surface area (Å²) in [5.74, 6) is 1.26. The van der Waals surface area contributed by atoms with Crippen LogP contribution < -0.4 is 9.64 Å². The number of hydrogen-bond donors (Lipinski definition) is 0. The van der Waals surface area contributed by atoms with Crippen molar-refractivity contribution in [3.8, 4) is 11.5 Å². The Labute approximate surface area is 147 Å². The summed E-state index contributed by atoms with van der Waals surface area (Å²) < 4.78 is 29.0. The fraction of sp³-hybridized carbons (Fsp3) is 0.278. The molecule has 132 valence electrons. The van der Waals surface area contributed by atoms with Crippen molar-refractivity contribution in [2.75, 3.05) is 36.5 Å². The zero-order valence-electron chi connectivity index (χ0n) is 14.0. The Kier molecular flexibility index (Phi) is 4.94. The lowest BCUT2D eigenvalue weighted by molar-refractivity contribution is 0.210. The molecular formula is C18H20N2O4S. The minimum Gasteiger partial charge on any atom is -0.455 e. The van der Waals surface area contributed by atoms with E-state index in [1.807, 2.05) is 42.5 Å². The Bertz CT molecular complexity index is 838. The lowest BCUT2D eigenvalue weighted by Crippen LogP contribution is -2.48. The van der Waals surface area contributed by atoms with Crippen LogP contribution in [0.15, 0.2) is 54.6 Å². The van der Waals surface area contributed by atoms with Crippen LogP contribution in [0.5, 0.6) is 11.5 Å². The van der Waals surface area contributed by atoms with E-state index in [9.17, 15) is 13.2 Å². The second-order valence-electron chi connectivity index (χ2n) is 5.86. The number of benzene rings is 2. The molecule has 3 rings (SSSR count). The van der Waals surface area contributed by atoms with Gasteiger partial charge in [0.05, 0.1) is 17.2 Å². The van der Waals surface area contributed by atoms with Crippen LogP contribution >= 0.6 is 0 Å². The molecule has 6 nitrogen and oxygen atoms in total. The summed E-state index contributed by atoms with van der Waals surface area (Å²) in [7, 11) is -1.36. The number of rotatable bonds is 3. The molecule has 25 heavy (non-hydrogen) atoms. The van der Waals surface area contributed by atoms with E-state index < -0.39 is 9.84 Å². The predicted octanol–water partition coefficient (Wildman–Crippen LogP) is 2.77. The molecule has 0 unspecified atom stereocenters. The van der Waals surface area contributed by atoms with Gasteiger partial charge in [0.2, 0.25) is 0 Å². The lowest BCUT2D eigenvalue weighted by atomic mass is 10.2. The van der Waals surface area contributed by atoms with E-state index >= 15 is 0 Å². The largest absolute Gasteiger partial charge is 0.455 e. The number of urea groups is 1. The van der Waals surface area contributed by atoms with E-state index in [-0.39, 0.29) is 30.6 Å². The molecule has 1 fully saturated rings. The van der Waals surface area contributed by atoms with E-state index in [2.05, 4.69) is 0 Å². The monoisotopic (exact) mass is 360 g/mol. The fourth-order valence-corrected chi connectivity index (χ4v) is 3.86. The first-order chi connectivity index (χ1) is 12.0. The van der Waals surface area contributed by atoms with Crippen molar-refractivity contribution in [3.05, 3.63) is 54.6 Å². The number of nitrogens with zero attached hydrogens (tertiary/aromatic N) is 2. The number of amides is 2. The molecule has 0 atom stereocenters. The molecule has 1 heterocycles. The Morgan fingerprint density at radius 1 is 1.00 bits per heavy atom. The Morgan fingerprint density at radius 3 is 2.28 bits per heavy atom. The molecular weight excluding hydrogens is 340 g/mol. The predicted molar refractivity (Wildman–Crippen MR) is 97.0 cm³/mol. The smallest absolute Gasteiger partial charge is 0.324 e. The van der Waals surface area contributed by atoms with Gasteiger partial charge in [-0.2, -0.15) is 0 Å². The lowest BCUT2D eigenvalue weighted by Gasteiger charge is -2.31. The molecule has 1 aliphatic rings. The highest BCUT2D eigenvalue weighted by atomic mass is 32.2. The van der Waals surface area contributed by atoms with E-state index in [0.29, 0.717) is 17.2 Å². The first-order valence-corrected chi connectivity index (χ1v) is 9.83. The van der Waals surface area contributed by atoms with Gasteiger partial charge in [-0.3, -0.25) is 4.90 Å². The van der Waals surface area contributed by atoms with Crippen molar-refractivity contribution in [2.24, 2.45) is 0 Å². The Morgan fingerprint density at radius 2 is 1.60 bits per heavy atom. The maximum atomic E-state index is 12.7. The molecule has 2 amide bonds. The normalized spacial score (nSPS) is 16.3. The van der Waals surface area contributed by atoms with Gasteiger partial charge >= 0.3 is 6.03 Å². The summed E-state index contributed by atoms with van der Waals surface area (Å²) in [6.45, 7) is 0.431. The van der Waals surface area contributed by atoms with Gasteiger partial charge in [0.1, 0.15) is 5.75 Å². The van der Waals surface area contributed by atoms with Gasteiger partial charge < -0.3 is 9.64 Å². The zero-order valence-corrected chi connectivity index (χ0v) is 14.8. The van der Waals surface area contributed by atoms with Gasteiger partial charge in [-0.25, -0.2) is 13.2 Å². The van der Waals surface area contributed by atoms with Crippen molar-refractivity contribution in [1.29, 1.82) is 0 Å². The summed E-state index contributed by atoms with van der Waals surface area (Å²) in [4.78, 5) is 15.8. The topological polar surface area (TPSA) is 66.9 Å².